The molecule has 1 aliphatic heterocycles. The van der Waals surface area contributed by atoms with Gasteiger partial charge in [0.15, 0.2) is 28.1 Å². The van der Waals surface area contributed by atoms with Crippen molar-refractivity contribution in [2.75, 3.05) is 87.1 Å². The first-order valence-electron chi connectivity index (χ1n) is 36.4. The predicted octanol–water partition coefficient (Wildman–Crippen LogP) is 1.62. The Bertz CT molecular complexity index is 3980. The van der Waals surface area contributed by atoms with Crippen LogP contribution >= 0.6 is 0 Å². The summed E-state index contributed by atoms with van der Waals surface area (Å²) in [6.07, 6.45) is 3.76. The van der Waals surface area contributed by atoms with Crippen LogP contribution in [0.3, 0.4) is 0 Å². The lowest BCUT2D eigenvalue weighted by atomic mass is 9.69. The highest BCUT2D eigenvalue weighted by Crippen LogP contribution is 2.44. The number of anilines is 5. The lowest BCUT2D eigenvalue weighted by Gasteiger charge is -2.52. The molecule has 4 aromatic heterocycles. The second kappa shape index (κ2) is 39.9. The van der Waals surface area contributed by atoms with Crippen molar-refractivity contribution in [3.63, 3.8) is 0 Å². The van der Waals surface area contributed by atoms with Gasteiger partial charge in [-0.25, -0.2) is 29.5 Å². The SMILES string of the molecule is CCCCC1(C2CCCC(N(CC(O)CO)CC(O)CO)CCCC(NC(=O)CCC(NC(=O)c3ccc(NCc4cnc5nc(N)[nH]c(=O)c5n4)cc3)C(=O)O)CC(C)CC2)C(C)OCC(O)CN1CC(O)COC(=O)CCC(NC(=O)c1ccc(N(C)Cc2cnc3nc(N)nc(N)c3n2)cc1)C(=O)O. The van der Waals surface area contributed by atoms with Gasteiger partial charge in [-0.1, -0.05) is 39.5 Å². The number of hydrogen-bond acceptors (Lipinski definition) is 29. The monoisotopic (exact) mass is 1490 g/mol. The summed E-state index contributed by atoms with van der Waals surface area (Å²) in [4.78, 5) is 129. The van der Waals surface area contributed by atoms with Gasteiger partial charge in [0.1, 0.15) is 24.8 Å². The lowest BCUT2D eigenvalue weighted by molar-refractivity contribution is -0.149. The first kappa shape index (κ1) is 83.2. The molecule has 3 amide bonds. The number of amides is 3. The summed E-state index contributed by atoms with van der Waals surface area (Å²) in [6, 6.07) is 8.97. The Morgan fingerprint density at radius 3 is 2.00 bits per heavy atom. The van der Waals surface area contributed by atoms with Crippen molar-refractivity contribution in [3.05, 3.63) is 93.8 Å². The van der Waals surface area contributed by atoms with Crippen LogP contribution in [-0.4, -0.2) is 246 Å². The maximum Gasteiger partial charge on any atom is 0.326 e. The van der Waals surface area contributed by atoms with Gasteiger partial charge in [-0.3, -0.25) is 38.8 Å². The van der Waals surface area contributed by atoms with Crippen molar-refractivity contribution in [2.24, 2.45) is 11.8 Å². The highest BCUT2D eigenvalue weighted by Gasteiger charge is 2.50. The molecule has 1 saturated heterocycles. The molecular formula is C72H104N18O17. The Kier molecular flexibility index (Phi) is 31.0. The van der Waals surface area contributed by atoms with Crippen LogP contribution in [0.2, 0.25) is 0 Å². The maximum atomic E-state index is 14.1. The Morgan fingerprint density at radius 2 is 1.36 bits per heavy atom. The lowest BCUT2D eigenvalue weighted by Crippen LogP contribution is -2.62. The van der Waals surface area contributed by atoms with E-state index in [1.54, 1.807) is 31.3 Å². The van der Waals surface area contributed by atoms with E-state index in [4.69, 9.17) is 26.7 Å². The Labute approximate surface area is 618 Å². The van der Waals surface area contributed by atoms with Crippen LogP contribution in [0.15, 0.2) is 65.7 Å². The number of ether oxygens (including phenoxy) is 2. The fourth-order valence-electron chi connectivity index (χ4n) is 14.4. The summed E-state index contributed by atoms with van der Waals surface area (Å²) in [5.41, 5.74) is 19.1. The van der Waals surface area contributed by atoms with Crippen LogP contribution in [0.5, 0.6) is 0 Å². The third kappa shape index (κ3) is 24.0. The standard InChI is InChI=1S/C72H104N18O17/c1-5-6-27-72(42(3)106-39-54(95)35-90(72)36-55(96)40-107-59(98)26-24-57(69(104)105)83-66(100)44-16-21-50(22-17-44)88(4)32-49-31-78-63-60(81-49)62(73)84-70(74)85-63)45-9-7-11-51(89(33-52(93)37-91)34-53(94)38-92)12-8-10-47(28-41(2)13-18-45)79-58(97)25-23-56(68(102)103)82-65(99)43-14-19-46(20-15-43)76-29-48-30-77-64-61(80-48)67(101)87-71(75)86-64/h14-17,19-22,30-31,41-42,45,47,51-57,76,91-96H,5-13,18,23-29,32-40H2,1-4H3,(H,79,97)(H,82,99)(H,83,100)(H,102,103)(H,104,105)(H4,73,74,78,84,85)(H3,75,77,86,87,101). The smallest absolute Gasteiger partial charge is 0.326 e. The van der Waals surface area contributed by atoms with Crippen molar-refractivity contribution in [1.82, 2.24) is 65.6 Å². The molecule has 1 aliphatic carbocycles. The van der Waals surface area contributed by atoms with E-state index in [9.17, 15) is 74.4 Å². The molecular weight excluding hydrogens is 1390 g/mol. The number of aliphatic hydroxyl groups is 6. The number of hydrogen-bond donors (Lipinski definition) is 16. The zero-order chi connectivity index (χ0) is 77.5. The molecule has 35 heteroatoms. The van der Waals surface area contributed by atoms with Crippen LogP contribution in [0.4, 0.5) is 29.1 Å². The number of nitrogens with zero attached hydrogens (tertiary/aromatic N) is 10. The number of nitrogen functional groups attached to an aromatic ring is 3. The van der Waals surface area contributed by atoms with E-state index in [0.717, 1.165) is 12.8 Å². The van der Waals surface area contributed by atoms with E-state index in [2.05, 4.69) is 79.9 Å². The number of rotatable bonds is 34. The zero-order valence-electron chi connectivity index (χ0n) is 61.0. The van der Waals surface area contributed by atoms with Crippen LogP contribution in [0.25, 0.3) is 22.3 Å². The Hall–Kier alpha value is -9.46. The fourth-order valence-corrected chi connectivity index (χ4v) is 14.4. The molecule has 0 bridgehead atoms. The molecule has 0 radical (unpaired) electrons. The van der Waals surface area contributed by atoms with Crippen LogP contribution in [-0.2, 0) is 41.7 Å². The third-order valence-corrected chi connectivity index (χ3v) is 19.9. The van der Waals surface area contributed by atoms with Gasteiger partial charge < -0.3 is 93.7 Å². The summed E-state index contributed by atoms with van der Waals surface area (Å²) in [5, 5.41) is 97.2. The highest BCUT2D eigenvalue weighted by molar-refractivity contribution is 5.98. The zero-order valence-corrected chi connectivity index (χ0v) is 61.0. The van der Waals surface area contributed by atoms with Crippen molar-refractivity contribution >= 4 is 87.0 Å². The number of esters is 1. The van der Waals surface area contributed by atoms with Gasteiger partial charge in [-0.05, 0) is 131 Å². The minimum atomic E-state index is -1.49. The van der Waals surface area contributed by atoms with Crippen molar-refractivity contribution < 1.29 is 79.1 Å². The molecule has 2 aromatic carbocycles. The molecule has 12 unspecified atom stereocenters. The van der Waals surface area contributed by atoms with Gasteiger partial charge in [-0.2, -0.15) is 15.0 Å². The molecule has 8 rings (SSSR count). The van der Waals surface area contributed by atoms with E-state index in [1.807, 2.05) is 16.7 Å². The molecule has 107 heavy (non-hydrogen) atoms. The number of benzene rings is 2. The average molecular weight is 1490 g/mol. The molecule has 584 valence electrons. The number of nitrogens with one attached hydrogen (secondary N) is 5. The summed E-state index contributed by atoms with van der Waals surface area (Å²) in [6.45, 7) is 4.94. The molecule has 5 heterocycles. The number of aromatic nitrogens is 8. The van der Waals surface area contributed by atoms with Crippen LogP contribution < -0.4 is 48.9 Å². The number of unbranched alkanes of at least 4 members (excludes halogenated alkanes) is 1. The number of carbonyl (C=O) groups is 6. The van der Waals surface area contributed by atoms with Crippen molar-refractivity contribution in [3.8, 4) is 0 Å². The third-order valence-electron chi connectivity index (χ3n) is 19.9. The molecule has 2 aliphatic rings. The van der Waals surface area contributed by atoms with E-state index >= 15 is 0 Å². The topological polar surface area (TPSA) is 542 Å². The Balaban J connectivity index is 0.909. The molecule has 35 nitrogen and oxygen atoms in total. The maximum absolute atomic E-state index is 14.1. The molecule has 19 N–H and O–H groups in total. The first-order chi connectivity index (χ1) is 51.1. The minimum absolute atomic E-state index is 0.00484. The number of carboxylic acid groups (broad SMARTS) is 2. The molecule has 6 aromatic rings. The summed E-state index contributed by atoms with van der Waals surface area (Å²) >= 11 is 0. The number of aliphatic hydroxyl groups excluding tert-OH is 6. The number of H-pyrrole nitrogens is 1. The van der Waals surface area contributed by atoms with E-state index < -0.39 is 122 Å². The molecule has 0 spiro atoms. The second-order valence-electron chi connectivity index (χ2n) is 28.1. The average Bonchev–Trinajstić information content (AvgIpc) is 1.75. The second-order valence-corrected chi connectivity index (χ2v) is 28.1. The first-order valence-corrected chi connectivity index (χ1v) is 36.4. The summed E-state index contributed by atoms with van der Waals surface area (Å²) < 4.78 is 12.2. The largest absolute Gasteiger partial charge is 0.480 e. The van der Waals surface area contributed by atoms with Gasteiger partial charge in [0, 0.05) is 86.2 Å². The number of aliphatic carboxylic acids is 2. The molecule has 2 fully saturated rings. The van der Waals surface area contributed by atoms with Gasteiger partial charge in [-0.15, -0.1) is 0 Å². The number of carboxylic acids is 2. The van der Waals surface area contributed by atoms with E-state index in [0.29, 0.717) is 92.5 Å². The van der Waals surface area contributed by atoms with E-state index in [-0.39, 0.29) is 129 Å². The van der Waals surface area contributed by atoms with E-state index in [1.165, 1.54) is 36.7 Å². The van der Waals surface area contributed by atoms with Crippen molar-refractivity contribution in [1.29, 1.82) is 0 Å². The number of aromatic amines is 1. The fraction of sp³-hybridized carbons (Fsp3) is 0.583. The highest BCUT2D eigenvalue weighted by atomic mass is 16.5. The quantitative estimate of drug-likeness (QED) is 0.0255. The molecule has 1 saturated carbocycles. The predicted molar refractivity (Wildman–Crippen MR) is 395 cm³/mol. The van der Waals surface area contributed by atoms with Crippen LogP contribution in [0, 0.1) is 11.8 Å². The summed E-state index contributed by atoms with van der Waals surface area (Å²) in [5.74, 6) is -5.59. The number of β-amino-alcohol motifs (C(OH)–C–C–N with tert-alkyl or cyclic N) is 2. The Morgan fingerprint density at radius 1 is 0.757 bits per heavy atom. The van der Waals surface area contributed by atoms with Gasteiger partial charge in [0.05, 0.1) is 81.1 Å². The van der Waals surface area contributed by atoms with Gasteiger partial charge in [0.25, 0.3) is 17.4 Å². The number of fused-ring (bicyclic) bond motifs is 2. The van der Waals surface area contributed by atoms with Gasteiger partial charge in [0.2, 0.25) is 17.8 Å². The van der Waals surface area contributed by atoms with Gasteiger partial charge >= 0.3 is 17.9 Å². The number of nitrogens with two attached hydrogens (primary N) is 3. The normalized spacial score (nSPS) is 21.3. The van der Waals surface area contributed by atoms with Crippen molar-refractivity contribution in [2.45, 2.75) is 197 Å². The minimum Gasteiger partial charge on any atom is -0.480 e. The summed E-state index contributed by atoms with van der Waals surface area (Å²) in [7, 11) is 1.80. The van der Waals surface area contributed by atoms with Crippen LogP contribution in [0.1, 0.15) is 156 Å². The molecule has 12 atom stereocenters. The number of carbonyl (C=O) groups excluding carboxylic acids is 4.